The predicted octanol–water partition coefficient (Wildman–Crippen LogP) is 2.15. The molecule has 0 aliphatic carbocycles. The first-order valence-electron chi connectivity index (χ1n) is 11.6. The highest BCUT2D eigenvalue weighted by Crippen LogP contribution is 2.33. The van der Waals surface area contributed by atoms with Gasteiger partial charge in [-0.25, -0.2) is 5.01 Å². The number of aromatic nitrogens is 2. The summed E-state index contributed by atoms with van der Waals surface area (Å²) in [5.74, 6) is -0.435. The maximum Gasteiger partial charge on any atom is 0.248 e. The van der Waals surface area contributed by atoms with Gasteiger partial charge in [-0.3, -0.25) is 24.9 Å². The zero-order valence-corrected chi connectivity index (χ0v) is 20.5. The van der Waals surface area contributed by atoms with E-state index >= 15 is 0 Å². The van der Waals surface area contributed by atoms with E-state index in [1.54, 1.807) is 18.5 Å². The summed E-state index contributed by atoms with van der Waals surface area (Å²) in [5.41, 5.74) is 4.62. The monoisotopic (exact) mass is 500 g/mol. The number of pyridine rings is 1. The average molecular weight is 501 g/mol. The summed E-state index contributed by atoms with van der Waals surface area (Å²) in [4.78, 5) is 35.6. The van der Waals surface area contributed by atoms with E-state index in [9.17, 15) is 9.59 Å². The molecule has 2 aromatic heterocycles. The Morgan fingerprint density at radius 2 is 2.06 bits per heavy atom. The van der Waals surface area contributed by atoms with Crippen LogP contribution in [0.1, 0.15) is 13.8 Å². The molecule has 5 rings (SSSR count). The molecule has 0 spiro atoms. The van der Waals surface area contributed by atoms with Crippen LogP contribution in [0.5, 0.6) is 0 Å². The maximum absolute atomic E-state index is 13.5. The van der Waals surface area contributed by atoms with Crippen molar-refractivity contribution < 1.29 is 19.1 Å². The number of nitrogens with zero attached hydrogens (tertiary/aromatic N) is 3. The van der Waals surface area contributed by atoms with Crippen molar-refractivity contribution in [3.05, 3.63) is 35.6 Å². The Balaban J connectivity index is 1.36. The van der Waals surface area contributed by atoms with Crippen molar-refractivity contribution in [3.8, 4) is 0 Å². The van der Waals surface area contributed by atoms with Crippen molar-refractivity contribution in [2.24, 2.45) is 0 Å². The molecule has 35 heavy (non-hydrogen) atoms. The summed E-state index contributed by atoms with van der Waals surface area (Å²) in [5, 5.41) is 7.23. The Labute approximate surface area is 207 Å². The van der Waals surface area contributed by atoms with Crippen LogP contribution < -0.4 is 10.7 Å². The van der Waals surface area contributed by atoms with E-state index in [2.05, 4.69) is 20.7 Å². The molecule has 0 bridgehead atoms. The standard InChI is InChI=1S/C24H29ClN6O4/c1-24(2)14-30(12-21(32)29-31-5-7-34-8-6-31)20(13-35-24)23(33)28-18-10-15(25)9-17-16-3-4-26-11-19(16)27-22(17)18/h3-4,9-11,20,27H,5-8,12-14H2,1-2H3,(H,28,33)(H,29,32)/t20-/m0/s1. The van der Waals surface area contributed by atoms with Gasteiger partial charge in [-0.2, -0.15) is 0 Å². The van der Waals surface area contributed by atoms with E-state index in [1.807, 2.05) is 35.9 Å². The molecule has 0 unspecified atom stereocenters. The number of ether oxygens (including phenoxy) is 2. The number of morpholine rings is 2. The van der Waals surface area contributed by atoms with Crippen LogP contribution in [0.25, 0.3) is 21.8 Å². The van der Waals surface area contributed by atoms with Crippen molar-refractivity contribution >= 4 is 50.9 Å². The topological polar surface area (TPSA) is 112 Å². The quantitative estimate of drug-likeness (QED) is 0.492. The fraction of sp³-hybridized carbons (Fsp3) is 0.458. The Hall–Kier alpha value is -2.76. The second kappa shape index (κ2) is 9.71. The number of aromatic amines is 1. The zero-order chi connectivity index (χ0) is 24.6. The van der Waals surface area contributed by atoms with E-state index in [4.69, 9.17) is 21.1 Å². The Morgan fingerprint density at radius 1 is 1.26 bits per heavy atom. The van der Waals surface area contributed by atoms with Gasteiger partial charge in [-0.05, 0) is 32.0 Å². The first kappa shape index (κ1) is 24.0. The number of halogens is 1. The minimum absolute atomic E-state index is 0.0747. The third kappa shape index (κ3) is 5.26. The molecule has 0 radical (unpaired) electrons. The lowest BCUT2D eigenvalue weighted by Crippen LogP contribution is -2.61. The molecule has 10 nitrogen and oxygen atoms in total. The molecule has 2 amide bonds. The van der Waals surface area contributed by atoms with Crippen molar-refractivity contribution in [2.45, 2.75) is 25.5 Å². The first-order chi connectivity index (χ1) is 16.8. The first-order valence-corrected chi connectivity index (χ1v) is 12.0. The Kier molecular flexibility index (Phi) is 6.65. The molecule has 2 aliphatic rings. The SMILES string of the molecule is CC1(C)CN(CC(=O)NN2CCOCC2)[C@H](C(=O)Nc2cc(Cl)cc3c2[nH]c2cnccc23)CO1. The molecular formula is C24H29ClN6O4. The fourth-order valence-electron chi connectivity index (χ4n) is 4.67. The van der Waals surface area contributed by atoms with Gasteiger partial charge in [0.05, 0.1) is 54.9 Å². The highest BCUT2D eigenvalue weighted by atomic mass is 35.5. The van der Waals surface area contributed by atoms with Gasteiger partial charge in [0.2, 0.25) is 11.8 Å². The van der Waals surface area contributed by atoms with Crippen molar-refractivity contribution in [2.75, 3.05) is 51.3 Å². The molecule has 2 saturated heterocycles. The molecule has 11 heteroatoms. The summed E-state index contributed by atoms with van der Waals surface area (Å²) in [6, 6.07) is 4.84. The highest BCUT2D eigenvalue weighted by Gasteiger charge is 2.39. The molecular weight excluding hydrogens is 472 g/mol. The van der Waals surface area contributed by atoms with Crippen LogP contribution in [0.3, 0.4) is 0 Å². The third-order valence-electron chi connectivity index (χ3n) is 6.33. The van der Waals surface area contributed by atoms with Crippen molar-refractivity contribution in [3.63, 3.8) is 0 Å². The maximum atomic E-state index is 13.5. The van der Waals surface area contributed by atoms with E-state index < -0.39 is 11.6 Å². The number of hydrogen-bond acceptors (Lipinski definition) is 7. The number of hydrazine groups is 1. The minimum Gasteiger partial charge on any atom is -0.379 e. The number of benzene rings is 1. The second-order valence-electron chi connectivity index (χ2n) is 9.54. The van der Waals surface area contributed by atoms with Crippen molar-refractivity contribution in [1.82, 2.24) is 25.3 Å². The third-order valence-corrected chi connectivity index (χ3v) is 6.55. The van der Waals surface area contributed by atoms with E-state index in [1.165, 1.54) is 0 Å². The summed E-state index contributed by atoms with van der Waals surface area (Å²) < 4.78 is 11.3. The molecule has 4 heterocycles. The van der Waals surface area contributed by atoms with Crippen LogP contribution in [-0.2, 0) is 19.1 Å². The van der Waals surface area contributed by atoms with E-state index in [0.717, 1.165) is 21.8 Å². The molecule has 1 atom stereocenters. The van der Waals surface area contributed by atoms with Crippen LogP contribution in [0, 0.1) is 0 Å². The summed E-state index contributed by atoms with van der Waals surface area (Å²) in [6.45, 7) is 7.01. The zero-order valence-electron chi connectivity index (χ0n) is 19.8. The van der Waals surface area contributed by atoms with Crippen LogP contribution in [0.15, 0.2) is 30.6 Å². The summed E-state index contributed by atoms with van der Waals surface area (Å²) in [7, 11) is 0. The average Bonchev–Trinajstić information content (AvgIpc) is 3.18. The van der Waals surface area contributed by atoms with Crippen LogP contribution in [0.4, 0.5) is 5.69 Å². The van der Waals surface area contributed by atoms with Crippen LogP contribution >= 0.6 is 11.6 Å². The molecule has 2 fully saturated rings. The highest BCUT2D eigenvalue weighted by molar-refractivity contribution is 6.33. The van der Waals surface area contributed by atoms with Gasteiger partial charge in [0.1, 0.15) is 6.04 Å². The lowest BCUT2D eigenvalue weighted by molar-refractivity contribution is -0.148. The normalized spacial score (nSPS) is 21.3. The lowest BCUT2D eigenvalue weighted by atomic mass is 10.0. The van der Waals surface area contributed by atoms with Crippen LogP contribution in [-0.4, -0.2) is 89.3 Å². The largest absolute Gasteiger partial charge is 0.379 e. The smallest absolute Gasteiger partial charge is 0.248 e. The number of amides is 2. The second-order valence-corrected chi connectivity index (χ2v) is 9.97. The number of fused-ring (bicyclic) bond motifs is 3. The lowest BCUT2D eigenvalue weighted by Gasteiger charge is -2.42. The number of carbonyl (C=O) groups is 2. The molecule has 0 saturated carbocycles. The van der Waals surface area contributed by atoms with Gasteiger partial charge >= 0.3 is 0 Å². The van der Waals surface area contributed by atoms with E-state index in [0.29, 0.717) is 43.6 Å². The number of anilines is 1. The number of hydrogen-bond donors (Lipinski definition) is 3. The summed E-state index contributed by atoms with van der Waals surface area (Å²) >= 11 is 6.40. The van der Waals surface area contributed by atoms with Gasteiger partial charge in [0.25, 0.3) is 0 Å². The molecule has 3 N–H and O–H groups in total. The van der Waals surface area contributed by atoms with Gasteiger partial charge in [0.15, 0.2) is 0 Å². The van der Waals surface area contributed by atoms with Crippen molar-refractivity contribution in [1.29, 1.82) is 0 Å². The minimum atomic E-state index is -0.640. The number of nitrogens with one attached hydrogen (secondary N) is 3. The summed E-state index contributed by atoms with van der Waals surface area (Å²) in [6.07, 6.45) is 3.45. The Morgan fingerprint density at radius 3 is 2.86 bits per heavy atom. The Bertz CT molecular complexity index is 1260. The number of carbonyl (C=O) groups excluding carboxylic acids is 2. The predicted molar refractivity (Wildman–Crippen MR) is 133 cm³/mol. The number of rotatable bonds is 5. The van der Waals surface area contributed by atoms with E-state index in [-0.39, 0.29) is 25.0 Å². The van der Waals surface area contributed by atoms with Gasteiger partial charge in [-0.1, -0.05) is 11.6 Å². The van der Waals surface area contributed by atoms with Gasteiger partial charge in [-0.15, -0.1) is 0 Å². The van der Waals surface area contributed by atoms with Gasteiger partial charge in [0, 0.05) is 41.6 Å². The number of H-pyrrole nitrogens is 1. The van der Waals surface area contributed by atoms with Gasteiger partial charge < -0.3 is 19.8 Å². The molecule has 186 valence electrons. The molecule has 3 aromatic rings. The molecule has 1 aromatic carbocycles. The van der Waals surface area contributed by atoms with Crippen LogP contribution in [0.2, 0.25) is 5.02 Å². The fourth-order valence-corrected chi connectivity index (χ4v) is 4.88. The molecule has 2 aliphatic heterocycles.